The van der Waals surface area contributed by atoms with E-state index in [0.717, 1.165) is 65.7 Å². The summed E-state index contributed by atoms with van der Waals surface area (Å²) in [6.07, 6.45) is -1.68. The van der Waals surface area contributed by atoms with Crippen LogP contribution in [0.1, 0.15) is 62.3 Å². The topological polar surface area (TPSA) is 277 Å². The predicted octanol–water partition coefficient (Wildman–Crippen LogP) is 11.1. The molecule has 5 N–H and O–H groups in total. The Hall–Kier alpha value is -7.49. The van der Waals surface area contributed by atoms with Gasteiger partial charge >= 0.3 is 18.3 Å². The highest BCUT2D eigenvalue weighted by Crippen LogP contribution is 2.43. The number of nitrogens with zero attached hydrogens (tertiary/aromatic N) is 2. The molecule has 0 saturated carbocycles. The fourth-order valence-corrected chi connectivity index (χ4v) is 8.32. The highest BCUT2D eigenvalue weighted by Gasteiger charge is 2.24. The number of benzene rings is 4. The number of nitrogens with one attached hydrogen (secondary N) is 3. The van der Waals surface area contributed by atoms with Crippen molar-refractivity contribution in [2.24, 2.45) is 0 Å². The van der Waals surface area contributed by atoms with Crippen molar-refractivity contribution in [3.05, 3.63) is 48.5 Å². The Bertz CT molecular complexity index is 2750. The number of rotatable bonds is 25. The van der Waals surface area contributed by atoms with Gasteiger partial charge in [-0.25, -0.2) is 14.4 Å². The molecular weight excluding hydrogens is 1230 g/mol. The summed E-state index contributed by atoms with van der Waals surface area (Å²) in [5.41, 5.74) is 6.10. The summed E-state index contributed by atoms with van der Waals surface area (Å²) < 4.78 is 91.5. The minimum Gasteiger partial charge on any atom is -0.493 e. The molecule has 0 aliphatic carbocycles. The van der Waals surface area contributed by atoms with Gasteiger partial charge in [0.2, 0.25) is 23.0 Å². The van der Waals surface area contributed by atoms with Crippen molar-refractivity contribution < 1.29 is 94.9 Å². The molecule has 4 aromatic carbocycles. The molecule has 91 heavy (non-hydrogen) atoms. The maximum absolute atomic E-state index is 12.0. The quantitative estimate of drug-likeness (QED) is 0.0273. The van der Waals surface area contributed by atoms with E-state index in [9.17, 15) is 14.4 Å². The molecule has 3 amide bonds. The lowest BCUT2D eigenvalue weighted by molar-refractivity contribution is 0.0320. The third kappa shape index (κ3) is 29.1. The molecule has 4 aromatic rings. The largest absolute Gasteiger partial charge is 0.493 e. The maximum atomic E-state index is 12.0. The van der Waals surface area contributed by atoms with Crippen LogP contribution in [0.2, 0.25) is 0 Å². The summed E-state index contributed by atoms with van der Waals surface area (Å²) in [5, 5.41) is 7.96. The number of hydrogen-bond acceptors (Lipinski definition) is 23. The Balaban J connectivity index is 0.000000319. The van der Waals surface area contributed by atoms with Crippen molar-refractivity contribution in [2.45, 2.75) is 79.1 Å². The number of amides is 3. The molecule has 0 atom stereocenters. The maximum Gasteiger partial charge on any atom is 0.412 e. The zero-order valence-electron chi connectivity index (χ0n) is 55.8. The summed E-state index contributed by atoms with van der Waals surface area (Å²) in [7, 11) is 12.3. The Morgan fingerprint density at radius 2 is 0.648 bits per heavy atom. The van der Waals surface area contributed by atoms with E-state index < -0.39 is 35.1 Å². The summed E-state index contributed by atoms with van der Waals surface area (Å²) in [6, 6.07) is 13.3. The second kappa shape index (κ2) is 39.7. The monoisotopic (exact) mass is 1330 g/mol. The van der Waals surface area contributed by atoms with E-state index in [0.29, 0.717) is 130 Å². The number of anilines is 4. The van der Waals surface area contributed by atoms with Crippen LogP contribution in [-0.4, -0.2) is 206 Å². The van der Waals surface area contributed by atoms with E-state index in [1.54, 1.807) is 132 Å². The molecule has 2 aliphatic heterocycles. The van der Waals surface area contributed by atoms with Gasteiger partial charge in [-0.15, -0.1) is 23.2 Å². The number of hydrogen-bond donors (Lipinski definition) is 4. The van der Waals surface area contributed by atoms with Crippen molar-refractivity contribution in [2.75, 3.05) is 182 Å². The van der Waals surface area contributed by atoms with Gasteiger partial charge in [0.1, 0.15) is 43.2 Å². The first kappa shape index (κ1) is 77.8. The van der Waals surface area contributed by atoms with Gasteiger partial charge in [-0.3, -0.25) is 25.8 Å². The molecule has 0 spiro atoms. The van der Waals surface area contributed by atoms with Gasteiger partial charge in [0.25, 0.3) is 0 Å². The van der Waals surface area contributed by atoms with Crippen LogP contribution in [0.5, 0.6) is 69.0 Å². The average Bonchev–Trinajstić information content (AvgIpc) is 2.49. The number of carbonyl (C=O) groups excluding carboxylic acids is 3. The summed E-state index contributed by atoms with van der Waals surface area (Å²) in [6.45, 7) is 26.2. The standard InChI is InChI=1S/C19H30N2O6.2C15H22ClNO5.C14H22N2O4/c1-19(2,3)27-18(22)20-14-12-15(23-4)17(24-5)16(13-14)26-11-8-21-6-9-25-10-7-21;2*1-15(2,3)22-14(18)17-10-8-11(19-4)13(20-5)12(9-10)21-7-6-16;1-17-12-9-11(15)10-13(14(12)18-2)20-8-5-16-3-6-19-7-4-16/h12-13H,6-11H2,1-5H3,(H,20,22);2*8-9H,6-7H2,1-5H3,(H,17,18);9-10H,3-8,15H2,1-2H3. The second-order valence-electron chi connectivity index (χ2n) is 22.4. The van der Waals surface area contributed by atoms with Gasteiger partial charge in [-0.05, 0) is 62.3 Å². The number of carbonyl (C=O) groups is 3. The van der Waals surface area contributed by atoms with Crippen molar-refractivity contribution >= 4 is 64.2 Å². The SMILES string of the molecule is COc1cc(N)cc(OCCN2CCOCC2)c1OC.COc1cc(NC(=O)OC(C)(C)C)cc(OCCCl)c1OC.COc1cc(NC(=O)OC(C)(C)C)cc(OCCCl)c1OC.COc1cc(NC(=O)OC(C)(C)C)cc(OCCN2CCOCC2)c1OC. The van der Waals surface area contributed by atoms with E-state index >= 15 is 0 Å². The molecule has 26 nitrogen and oxygen atoms in total. The number of alkyl halides is 2. The Kier molecular flexibility index (Phi) is 33.9. The smallest absolute Gasteiger partial charge is 0.412 e. The van der Waals surface area contributed by atoms with E-state index in [1.807, 2.05) is 0 Å². The lowest BCUT2D eigenvalue weighted by atomic mass is 10.2. The molecule has 2 heterocycles. The Morgan fingerprint density at radius 3 is 0.901 bits per heavy atom. The van der Waals surface area contributed by atoms with E-state index in [-0.39, 0.29) is 0 Å². The summed E-state index contributed by atoms with van der Waals surface area (Å²) in [5.74, 6) is 6.44. The molecule has 6 rings (SSSR count). The van der Waals surface area contributed by atoms with Crippen LogP contribution >= 0.6 is 23.2 Å². The average molecular weight is 1330 g/mol. The lowest BCUT2D eigenvalue weighted by Crippen LogP contribution is -2.38. The molecule has 0 unspecified atom stereocenters. The fourth-order valence-electron chi connectivity index (χ4n) is 8.16. The van der Waals surface area contributed by atoms with Gasteiger partial charge in [0.15, 0.2) is 46.0 Å². The van der Waals surface area contributed by atoms with Crippen LogP contribution in [0, 0.1) is 0 Å². The van der Waals surface area contributed by atoms with Gasteiger partial charge in [-0.1, -0.05) is 0 Å². The first-order valence-corrected chi connectivity index (χ1v) is 30.3. The van der Waals surface area contributed by atoms with Crippen LogP contribution in [0.4, 0.5) is 37.1 Å². The Morgan fingerprint density at radius 1 is 0.407 bits per heavy atom. The minimum atomic E-state index is -0.585. The third-order valence-corrected chi connectivity index (χ3v) is 12.3. The van der Waals surface area contributed by atoms with Crippen molar-refractivity contribution in [3.8, 4) is 69.0 Å². The van der Waals surface area contributed by atoms with Crippen LogP contribution in [0.15, 0.2) is 48.5 Å². The number of nitrogens with two attached hydrogens (primary N) is 1. The van der Waals surface area contributed by atoms with Crippen molar-refractivity contribution in [1.29, 1.82) is 0 Å². The van der Waals surface area contributed by atoms with Gasteiger partial charge < -0.3 is 86.3 Å². The first-order valence-electron chi connectivity index (χ1n) is 29.2. The number of ether oxygens (including phenoxy) is 17. The Labute approximate surface area is 545 Å². The summed E-state index contributed by atoms with van der Waals surface area (Å²) >= 11 is 11.3. The van der Waals surface area contributed by atoms with Gasteiger partial charge in [-0.2, -0.15) is 0 Å². The van der Waals surface area contributed by atoms with Gasteiger partial charge in [0.05, 0.1) is 112 Å². The third-order valence-electron chi connectivity index (χ3n) is 11.9. The molecular formula is C63H96Cl2N6O20. The lowest BCUT2D eigenvalue weighted by Gasteiger charge is -2.26. The fraction of sp³-hybridized carbons (Fsp3) is 0.571. The van der Waals surface area contributed by atoms with Crippen molar-refractivity contribution in [3.63, 3.8) is 0 Å². The summed E-state index contributed by atoms with van der Waals surface area (Å²) in [4.78, 5) is 40.3. The zero-order chi connectivity index (χ0) is 67.7. The van der Waals surface area contributed by atoms with Crippen LogP contribution in [-0.2, 0) is 23.7 Å². The molecule has 0 radical (unpaired) electrons. The van der Waals surface area contributed by atoms with Crippen LogP contribution in [0.25, 0.3) is 0 Å². The molecule has 512 valence electrons. The molecule has 2 fully saturated rings. The predicted molar refractivity (Wildman–Crippen MR) is 350 cm³/mol. The van der Waals surface area contributed by atoms with Crippen LogP contribution in [0.3, 0.4) is 0 Å². The van der Waals surface area contributed by atoms with E-state index in [1.165, 1.54) is 35.5 Å². The van der Waals surface area contributed by atoms with Crippen molar-refractivity contribution in [1.82, 2.24) is 9.80 Å². The van der Waals surface area contributed by atoms with Crippen LogP contribution < -0.4 is 78.5 Å². The number of morpholine rings is 2. The molecule has 0 bridgehead atoms. The normalized spacial score (nSPS) is 13.2. The van der Waals surface area contributed by atoms with E-state index in [4.69, 9.17) is 109 Å². The molecule has 2 aliphatic rings. The molecule has 2 saturated heterocycles. The zero-order valence-corrected chi connectivity index (χ0v) is 57.3. The highest BCUT2D eigenvalue weighted by atomic mass is 35.5. The molecule has 28 heteroatoms. The first-order chi connectivity index (χ1) is 43.2. The number of nitrogen functional groups attached to an aromatic ring is 1. The van der Waals surface area contributed by atoms with E-state index in [2.05, 4.69) is 25.8 Å². The minimum absolute atomic E-state index is 0.303. The number of methoxy groups -OCH3 is 8. The number of halogens is 2. The highest BCUT2D eigenvalue weighted by molar-refractivity contribution is 6.18. The molecule has 0 aromatic heterocycles. The second-order valence-corrected chi connectivity index (χ2v) is 23.2. The van der Waals surface area contributed by atoms with Gasteiger partial charge in [0, 0.05) is 93.5 Å².